The Bertz CT molecular complexity index is 320. The minimum absolute atomic E-state index is 0.274. The summed E-state index contributed by atoms with van der Waals surface area (Å²) in [7, 11) is 0. The highest BCUT2D eigenvalue weighted by Crippen LogP contribution is 2.12. The van der Waals surface area contributed by atoms with Crippen LogP contribution in [0, 0.1) is 6.92 Å². The number of amides is 2. The van der Waals surface area contributed by atoms with Crippen molar-refractivity contribution in [2.45, 2.75) is 6.92 Å². The van der Waals surface area contributed by atoms with Crippen molar-refractivity contribution in [2.24, 2.45) is 0 Å². The Labute approximate surface area is 77.5 Å². The normalized spacial score (nSPS) is 9.00. The molecule has 3 heteroatoms. The monoisotopic (exact) mass is 176 g/mol. The predicted octanol–water partition coefficient (Wildman–Crippen LogP) is 2.26. The molecule has 0 atom stereocenters. The summed E-state index contributed by atoms with van der Waals surface area (Å²) in [6.07, 6.45) is 1.34. The molecule has 0 unspecified atom stereocenters. The molecule has 1 aromatic rings. The number of hydrogen-bond acceptors (Lipinski definition) is 1. The molecule has 1 aromatic carbocycles. The van der Waals surface area contributed by atoms with Gasteiger partial charge in [0.25, 0.3) is 0 Å². The molecule has 0 aromatic heterocycles. The van der Waals surface area contributed by atoms with E-state index < -0.39 is 0 Å². The van der Waals surface area contributed by atoms with Crippen molar-refractivity contribution in [1.29, 1.82) is 0 Å². The molecule has 0 saturated carbocycles. The summed E-state index contributed by atoms with van der Waals surface area (Å²) in [5, 5.41) is 5.12. The Hall–Kier alpha value is -1.77. The predicted molar refractivity (Wildman–Crippen MR) is 53.5 cm³/mol. The number of urea groups is 1. The quantitative estimate of drug-likeness (QED) is 0.713. The van der Waals surface area contributed by atoms with Gasteiger partial charge in [-0.25, -0.2) is 4.79 Å². The first-order valence-electron chi connectivity index (χ1n) is 3.98. The topological polar surface area (TPSA) is 41.1 Å². The maximum absolute atomic E-state index is 11.1. The Balaban J connectivity index is 2.68. The number of rotatable bonds is 2. The Morgan fingerprint density at radius 3 is 2.77 bits per heavy atom. The van der Waals surface area contributed by atoms with Crippen molar-refractivity contribution < 1.29 is 4.79 Å². The highest BCUT2D eigenvalue weighted by atomic mass is 16.2. The summed E-state index contributed by atoms with van der Waals surface area (Å²) in [6, 6.07) is 7.30. The van der Waals surface area contributed by atoms with Gasteiger partial charge >= 0.3 is 6.03 Å². The van der Waals surface area contributed by atoms with Gasteiger partial charge in [-0.2, -0.15) is 0 Å². The van der Waals surface area contributed by atoms with Crippen molar-refractivity contribution in [3.05, 3.63) is 42.6 Å². The van der Waals surface area contributed by atoms with E-state index in [1.54, 1.807) is 0 Å². The van der Waals surface area contributed by atoms with Crippen molar-refractivity contribution in [3.63, 3.8) is 0 Å². The van der Waals surface area contributed by atoms with Gasteiger partial charge in [-0.1, -0.05) is 24.8 Å². The highest BCUT2D eigenvalue weighted by molar-refractivity contribution is 5.90. The minimum atomic E-state index is -0.274. The number of aryl methyl sites for hydroxylation is 1. The smallest absolute Gasteiger partial charge is 0.315 e. The molecule has 0 spiro atoms. The first kappa shape index (κ1) is 9.32. The third-order valence-electron chi connectivity index (χ3n) is 1.63. The molecule has 0 aliphatic carbocycles. The lowest BCUT2D eigenvalue weighted by Gasteiger charge is -2.06. The number of hydrogen-bond donors (Lipinski definition) is 2. The molecule has 13 heavy (non-hydrogen) atoms. The Morgan fingerprint density at radius 2 is 2.15 bits per heavy atom. The van der Waals surface area contributed by atoms with Crippen LogP contribution in [0.2, 0.25) is 0 Å². The van der Waals surface area contributed by atoms with Crippen molar-refractivity contribution >= 4 is 11.7 Å². The standard InChI is InChI=1S/C10H12N2O/c1-3-11-10(13)12-9-7-5-4-6-8(9)2/h3-7H,1H2,2H3,(H2,11,12,13). The molecule has 3 nitrogen and oxygen atoms in total. The molecular formula is C10H12N2O. The second kappa shape index (κ2) is 4.30. The van der Waals surface area contributed by atoms with Gasteiger partial charge in [0.1, 0.15) is 0 Å². The molecule has 0 heterocycles. The van der Waals surface area contributed by atoms with Gasteiger partial charge in [0.15, 0.2) is 0 Å². The number of benzene rings is 1. The molecule has 0 radical (unpaired) electrons. The molecule has 2 N–H and O–H groups in total. The van der Waals surface area contributed by atoms with Gasteiger partial charge in [-0.05, 0) is 24.8 Å². The number of nitrogens with one attached hydrogen (secondary N) is 2. The van der Waals surface area contributed by atoms with Crippen LogP contribution in [0.5, 0.6) is 0 Å². The first-order chi connectivity index (χ1) is 6.24. The maximum Gasteiger partial charge on any atom is 0.323 e. The van der Waals surface area contributed by atoms with Gasteiger partial charge < -0.3 is 10.6 Å². The van der Waals surface area contributed by atoms with Crippen molar-refractivity contribution in [1.82, 2.24) is 5.32 Å². The fraction of sp³-hybridized carbons (Fsp3) is 0.100. The number of carbonyl (C=O) groups is 1. The lowest BCUT2D eigenvalue weighted by Crippen LogP contribution is -2.23. The zero-order chi connectivity index (χ0) is 9.68. The lowest BCUT2D eigenvalue weighted by atomic mass is 10.2. The highest BCUT2D eigenvalue weighted by Gasteiger charge is 2.00. The van der Waals surface area contributed by atoms with Crippen LogP contribution < -0.4 is 10.6 Å². The lowest BCUT2D eigenvalue weighted by molar-refractivity contribution is 0.255. The van der Waals surface area contributed by atoms with Crippen molar-refractivity contribution in [2.75, 3.05) is 5.32 Å². The molecule has 0 aliphatic rings. The van der Waals surface area contributed by atoms with Gasteiger partial charge in [-0.3, -0.25) is 0 Å². The van der Waals surface area contributed by atoms with Crippen LogP contribution in [-0.2, 0) is 0 Å². The fourth-order valence-corrected chi connectivity index (χ4v) is 0.964. The van der Waals surface area contributed by atoms with Crippen LogP contribution in [0.15, 0.2) is 37.0 Å². The third-order valence-corrected chi connectivity index (χ3v) is 1.63. The first-order valence-corrected chi connectivity index (χ1v) is 3.98. The van der Waals surface area contributed by atoms with E-state index in [1.807, 2.05) is 31.2 Å². The second-order valence-electron chi connectivity index (χ2n) is 2.62. The maximum atomic E-state index is 11.1. The largest absolute Gasteiger partial charge is 0.323 e. The molecule has 0 aliphatic heterocycles. The van der Waals surface area contributed by atoms with Gasteiger partial charge in [-0.15, -0.1) is 0 Å². The van der Waals surface area contributed by atoms with Crippen LogP contribution in [0.4, 0.5) is 10.5 Å². The molecule has 2 amide bonds. The molecule has 68 valence electrons. The van der Waals surface area contributed by atoms with E-state index >= 15 is 0 Å². The van der Waals surface area contributed by atoms with E-state index in [9.17, 15) is 4.79 Å². The molecule has 0 bridgehead atoms. The van der Waals surface area contributed by atoms with E-state index in [0.29, 0.717) is 0 Å². The zero-order valence-electron chi connectivity index (χ0n) is 7.50. The van der Waals surface area contributed by atoms with E-state index in [0.717, 1.165) is 11.3 Å². The van der Waals surface area contributed by atoms with Crippen LogP contribution in [-0.4, -0.2) is 6.03 Å². The van der Waals surface area contributed by atoms with Gasteiger partial charge in [0.05, 0.1) is 0 Å². The van der Waals surface area contributed by atoms with Gasteiger partial charge in [0.2, 0.25) is 0 Å². The average molecular weight is 176 g/mol. The van der Waals surface area contributed by atoms with E-state index in [-0.39, 0.29) is 6.03 Å². The van der Waals surface area contributed by atoms with Crippen molar-refractivity contribution in [3.8, 4) is 0 Å². The summed E-state index contributed by atoms with van der Waals surface area (Å²) in [6.45, 7) is 5.33. The molecule has 0 fully saturated rings. The van der Waals surface area contributed by atoms with Crippen LogP contribution in [0.25, 0.3) is 0 Å². The van der Waals surface area contributed by atoms with Crippen LogP contribution >= 0.6 is 0 Å². The molecule has 1 rings (SSSR count). The summed E-state index contributed by atoms with van der Waals surface area (Å²) in [5.74, 6) is 0. The SMILES string of the molecule is C=CNC(=O)Nc1ccccc1C. The van der Waals surface area contributed by atoms with Crippen LogP contribution in [0.1, 0.15) is 5.56 Å². The number of carbonyl (C=O) groups excluding carboxylic acids is 1. The number of anilines is 1. The van der Waals surface area contributed by atoms with E-state index in [1.165, 1.54) is 6.20 Å². The third kappa shape index (κ3) is 2.63. The summed E-state index contributed by atoms with van der Waals surface area (Å²) >= 11 is 0. The Morgan fingerprint density at radius 1 is 1.46 bits per heavy atom. The average Bonchev–Trinajstić information content (AvgIpc) is 2.09. The summed E-state index contributed by atoms with van der Waals surface area (Å²) in [5.41, 5.74) is 1.84. The molecule has 0 saturated heterocycles. The minimum Gasteiger partial charge on any atom is -0.315 e. The second-order valence-corrected chi connectivity index (χ2v) is 2.62. The van der Waals surface area contributed by atoms with E-state index in [2.05, 4.69) is 17.2 Å². The van der Waals surface area contributed by atoms with Gasteiger partial charge in [0, 0.05) is 5.69 Å². The number of para-hydroxylation sites is 1. The zero-order valence-corrected chi connectivity index (χ0v) is 7.50. The van der Waals surface area contributed by atoms with Crippen LogP contribution in [0.3, 0.4) is 0 Å². The van der Waals surface area contributed by atoms with E-state index in [4.69, 9.17) is 0 Å². The fourth-order valence-electron chi connectivity index (χ4n) is 0.964. The Kier molecular flexibility index (Phi) is 3.09. The summed E-state index contributed by atoms with van der Waals surface area (Å²) in [4.78, 5) is 11.1. The molecular weight excluding hydrogens is 164 g/mol. The summed E-state index contributed by atoms with van der Waals surface area (Å²) < 4.78 is 0.